The first-order valence-corrected chi connectivity index (χ1v) is 8.73. The van der Waals surface area contributed by atoms with Gasteiger partial charge < -0.3 is 9.47 Å². The Bertz CT molecular complexity index is 732. The van der Waals surface area contributed by atoms with E-state index in [0.29, 0.717) is 11.6 Å². The smallest absolute Gasteiger partial charge is 0.357 e. The summed E-state index contributed by atoms with van der Waals surface area (Å²) in [5.41, 5.74) is 1.41. The highest BCUT2D eigenvalue weighted by molar-refractivity contribution is 7.11. The van der Waals surface area contributed by atoms with E-state index in [9.17, 15) is 4.79 Å². The van der Waals surface area contributed by atoms with Gasteiger partial charge in [0.2, 0.25) is 5.88 Å². The van der Waals surface area contributed by atoms with Crippen molar-refractivity contribution in [3.05, 3.63) is 39.5 Å². The minimum atomic E-state index is -0.367. The van der Waals surface area contributed by atoms with Crippen molar-refractivity contribution in [1.82, 2.24) is 14.9 Å². The molecule has 1 fully saturated rings. The van der Waals surface area contributed by atoms with E-state index in [1.165, 1.54) is 7.11 Å². The average molecular weight is 347 g/mol. The lowest BCUT2D eigenvalue weighted by atomic mass is 10.2. The molecule has 3 rings (SSSR count). The summed E-state index contributed by atoms with van der Waals surface area (Å²) < 4.78 is 10.0. The van der Waals surface area contributed by atoms with Crippen LogP contribution in [0.1, 0.15) is 45.0 Å². The maximum Gasteiger partial charge on any atom is 0.357 e. The Kier molecular flexibility index (Phi) is 5.11. The summed E-state index contributed by atoms with van der Waals surface area (Å²) in [7, 11) is 3.01. The fourth-order valence-electron chi connectivity index (χ4n) is 3.01. The number of methoxy groups -OCH3 is 2. The van der Waals surface area contributed by atoms with E-state index in [1.807, 2.05) is 25.1 Å². The monoisotopic (exact) mass is 347 g/mol. The number of hydrogen-bond acceptors (Lipinski definition) is 7. The van der Waals surface area contributed by atoms with E-state index in [2.05, 4.69) is 14.9 Å². The van der Waals surface area contributed by atoms with Crippen molar-refractivity contribution >= 4 is 17.3 Å². The van der Waals surface area contributed by atoms with Crippen LogP contribution in [0.5, 0.6) is 5.88 Å². The first-order chi connectivity index (χ1) is 11.6. The lowest BCUT2D eigenvalue weighted by Gasteiger charge is -2.22. The molecule has 6 nitrogen and oxygen atoms in total. The number of ether oxygens (including phenoxy) is 2. The Balaban J connectivity index is 1.79. The molecule has 0 radical (unpaired) electrons. The minimum absolute atomic E-state index is 0.222. The number of pyridine rings is 1. The van der Waals surface area contributed by atoms with Crippen LogP contribution in [0.2, 0.25) is 0 Å². The summed E-state index contributed by atoms with van der Waals surface area (Å²) in [5, 5.41) is 0.980. The van der Waals surface area contributed by atoms with Crippen molar-refractivity contribution in [3.8, 4) is 5.88 Å². The van der Waals surface area contributed by atoms with Crippen LogP contribution >= 0.6 is 11.3 Å². The molecule has 3 heterocycles. The highest BCUT2D eigenvalue weighted by atomic mass is 32.1. The zero-order chi connectivity index (χ0) is 17.1. The first kappa shape index (κ1) is 16.9. The summed E-state index contributed by atoms with van der Waals surface area (Å²) in [5.74, 6) is 0.260. The normalized spacial score (nSPS) is 17.9. The lowest BCUT2D eigenvalue weighted by Crippen LogP contribution is -2.23. The van der Waals surface area contributed by atoms with Gasteiger partial charge in [0.05, 0.1) is 26.0 Å². The number of rotatable bonds is 5. The highest BCUT2D eigenvalue weighted by Gasteiger charge is 2.30. The van der Waals surface area contributed by atoms with Crippen molar-refractivity contribution in [2.45, 2.75) is 32.4 Å². The third kappa shape index (κ3) is 3.42. The fraction of sp³-hybridized carbons (Fsp3) is 0.471. The predicted octanol–water partition coefficient (Wildman–Crippen LogP) is 2.98. The molecule has 0 aliphatic carbocycles. The molecule has 7 heteroatoms. The number of hydrogen-bond donors (Lipinski definition) is 0. The van der Waals surface area contributed by atoms with Crippen LogP contribution < -0.4 is 4.74 Å². The summed E-state index contributed by atoms with van der Waals surface area (Å²) in [6.45, 7) is 3.65. The number of aryl methyl sites for hydroxylation is 1. The minimum Gasteiger partial charge on any atom is -0.481 e. The maximum absolute atomic E-state index is 11.8. The summed E-state index contributed by atoms with van der Waals surface area (Å²) in [4.78, 5) is 24.1. The van der Waals surface area contributed by atoms with Gasteiger partial charge in [-0.2, -0.15) is 0 Å². The number of carbonyl (C=O) groups excluding carboxylic acids is 1. The van der Waals surface area contributed by atoms with Gasteiger partial charge in [-0.25, -0.2) is 14.8 Å². The molecular weight excluding hydrogens is 326 g/mol. The van der Waals surface area contributed by atoms with E-state index in [1.54, 1.807) is 18.4 Å². The first-order valence-electron chi connectivity index (χ1n) is 7.92. The van der Waals surface area contributed by atoms with Crippen LogP contribution in [0, 0.1) is 6.92 Å². The van der Waals surface area contributed by atoms with E-state index in [4.69, 9.17) is 9.47 Å². The highest BCUT2D eigenvalue weighted by Crippen LogP contribution is 2.36. The third-order valence-corrected chi connectivity index (χ3v) is 5.27. The van der Waals surface area contributed by atoms with Crippen LogP contribution in [0.4, 0.5) is 0 Å². The molecule has 2 aromatic heterocycles. The molecule has 0 N–H and O–H groups in total. The number of nitrogens with zero attached hydrogens (tertiary/aromatic N) is 3. The Hall–Kier alpha value is -1.99. The van der Waals surface area contributed by atoms with E-state index in [-0.39, 0.29) is 12.0 Å². The van der Waals surface area contributed by atoms with Crippen LogP contribution in [0.25, 0.3) is 0 Å². The van der Waals surface area contributed by atoms with E-state index >= 15 is 0 Å². The zero-order valence-corrected chi connectivity index (χ0v) is 14.9. The zero-order valence-electron chi connectivity index (χ0n) is 14.1. The van der Waals surface area contributed by atoms with E-state index < -0.39 is 0 Å². The van der Waals surface area contributed by atoms with Gasteiger partial charge >= 0.3 is 5.97 Å². The topological polar surface area (TPSA) is 64.5 Å². The number of thiazole rings is 1. The second kappa shape index (κ2) is 7.27. The number of esters is 1. The molecule has 1 unspecified atom stereocenters. The van der Waals surface area contributed by atoms with Gasteiger partial charge in [-0.3, -0.25) is 4.90 Å². The van der Waals surface area contributed by atoms with Crippen molar-refractivity contribution in [3.63, 3.8) is 0 Å². The van der Waals surface area contributed by atoms with Crippen molar-refractivity contribution < 1.29 is 14.3 Å². The third-order valence-electron chi connectivity index (χ3n) is 4.20. The van der Waals surface area contributed by atoms with Gasteiger partial charge in [0.1, 0.15) is 5.01 Å². The van der Waals surface area contributed by atoms with Crippen molar-refractivity contribution in [2.75, 3.05) is 20.8 Å². The second-order valence-corrected chi connectivity index (χ2v) is 6.98. The van der Waals surface area contributed by atoms with Crippen LogP contribution in [0.15, 0.2) is 18.2 Å². The van der Waals surface area contributed by atoms with Gasteiger partial charge in [-0.1, -0.05) is 6.07 Å². The molecule has 0 bridgehead atoms. The summed E-state index contributed by atoms with van der Waals surface area (Å²) in [6, 6.07) is 6.03. The van der Waals surface area contributed by atoms with Gasteiger partial charge in [0.15, 0.2) is 5.69 Å². The molecule has 128 valence electrons. The van der Waals surface area contributed by atoms with Crippen molar-refractivity contribution in [2.24, 2.45) is 0 Å². The Labute approximate surface area is 145 Å². The molecule has 0 saturated carbocycles. The lowest BCUT2D eigenvalue weighted by molar-refractivity contribution is 0.0593. The summed E-state index contributed by atoms with van der Waals surface area (Å²) in [6.07, 6.45) is 2.15. The molecule has 2 aromatic rings. The standard InChI is InChI=1S/C17H21N3O3S/c1-11-15(17(21)23-3)19-16(24-11)13-7-5-9-20(13)10-12-6-4-8-14(18-12)22-2/h4,6,8,13H,5,7,9-10H2,1-3H3. The Morgan fingerprint density at radius 1 is 1.38 bits per heavy atom. The molecule has 1 aliphatic heterocycles. The average Bonchev–Trinajstić information content (AvgIpc) is 3.20. The predicted molar refractivity (Wildman–Crippen MR) is 91.4 cm³/mol. The molecule has 1 aliphatic rings. The number of likely N-dealkylation sites (tertiary alicyclic amines) is 1. The van der Waals surface area contributed by atoms with Crippen molar-refractivity contribution in [1.29, 1.82) is 0 Å². The van der Waals surface area contributed by atoms with Gasteiger partial charge in [-0.05, 0) is 32.4 Å². The van der Waals surface area contributed by atoms with Crippen LogP contribution in [-0.2, 0) is 11.3 Å². The molecule has 0 aromatic carbocycles. The van der Waals surface area contributed by atoms with Crippen LogP contribution in [0.3, 0.4) is 0 Å². The molecule has 0 spiro atoms. The number of carbonyl (C=O) groups is 1. The van der Waals surface area contributed by atoms with Gasteiger partial charge in [0.25, 0.3) is 0 Å². The summed E-state index contributed by atoms with van der Waals surface area (Å²) >= 11 is 1.58. The molecular formula is C17H21N3O3S. The van der Waals surface area contributed by atoms with Gasteiger partial charge in [0, 0.05) is 17.5 Å². The van der Waals surface area contributed by atoms with Crippen LogP contribution in [-0.4, -0.2) is 41.6 Å². The Morgan fingerprint density at radius 2 is 2.21 bits per heavy atom. The molecule has 0 amide bonds. The molecule has 1 atom stereocenters. The molecule has 24 heavy (non-hydrogen) atoms. The second-order valence-electron chi connectivity index (χ2n) is 5.75. The number of aromatic nitrogens is 2. The quantitative estimate of drug-likeness (QED) is 0.775. The van der Waals surface area contributed by atoms with Gasteiger partial charge in [-0.15, -0.1) is 11.3 Å². The maximum atomic E-state index is 11.8. The molecule has 1 saturated heterocycles. The fourth-order valence-corrected chi connectivity index (χ4v) is 4.09. The van der Waals surface area contributed by atoms with E-state index in [0.717, 1.165) is 41.5 Å². The largest absolute Gasteiger partial charge is 0.481 e. The SMILES string of the molecule is COC(=O)c1nc(C2CCCN2Cc2cccc(OC)n2)sc1C. The Morgan fingerprint density at radius 3 is 2.96 bits per heavy atom.